The fraction of sp³-hybridized carbons (Fsp3) is 0.588. The summed E-state index contributed by atoms with van der Waals surface area (Å²) < 4.78 is 0. The molecule has 0 aromatic carbocycles. The number of rotatable bonds is 9. The molecule has 1 N–H and O–H groups in total. The molecular weight excluding hydrogens is 268 g/mol. The molecule has 1 rings (SSSR count). The first-order chi connectivity index (χ1) is 10.0. The molecule has 116 valence electrons. The van der Waals surface area contributed by atoms with Crippen molar-refractivity contribution >= 4 is 17.5 Å². The second kappa shape index (κ2) is 9.27. The summed E-state index contributed by atoms with van der Waals surface area (Å²) in [5.74, 6) is -0.278. The highest BCUT2D eigenvalue weighted by molar-refractivity contribution is 5.90. The number of allylic oxidation sites excluding steroid dienone is 4. The molecule has 1 aliphatic carbocycles. The molecule has 0 radical (unpaired) electrons. The largest absolute Gasteiger partial charge is 0.481 e. The van der Waals surface area contributed by atoms with Crippen molar-refractivity contribution in [2.45, 2.75) is 51.9 Å². The van der Waals surface area contributed by atoms with Gasteiger partial charge in [-0.2, -0.15) is 0 Å². The summed E-state index contributed by atoms with van der Waals surface area (Å²) in [7, 11) is 0. The highest BCUT2D eigenvalue weighted by Crippen LogP contribution is 2.32. The first-order valence-electron chi connectivity index (χ1n) is 7.65. The van der Waals surface area contributed by atoms with Gasteiger partial charge in [-0.25, -0.2) is 0 Å². The molecule has 2 atom stereocenters. The van der Waals surface area contributed by atoms with E-state index in [1.807, 2.05) is 25.2 Å². The van der Waals surface area contributed by atoms with Gasteiger partial charge in [-0.05, 0) is 37.7 Å². The lowest BCUT2D eigenvalue weighted by Gasteiger charge is -2.12. The zero-order valence-electron chi connectivity index (χ0n) is 12.6. The third-order valence-electron chi connectivity index (χ3n) is 3.85. The average Bonchev–Trinajstić information content (AvgIpc) is 2.80. The van der Waals surface area contributed by atoms with Crippen LogP contribution in [0.25, 0.3) is 0 Å². The number of carboxylic acids is 1. The van der Waals surface area contributed by atoms with Gasteiger partial charge in [0.15, 0.2) is 5.78 Å². The van der Waals surface area contributed by atoms with E-state index in [1.54, 1.807) is 6.08 Å². The molecule has 0 spiro atoms. The summed E-state index contributed by atoms with van der Waals surface area (Å²) in [6.07, 6.45) is 11.5. The molecule has 0 amide bonds. The summed E-state index contributed by atoms with van der Waals surface area (Å²) in [5, 5.41) is 8.53. The van der Waals surface area contributed by atoms with Crippen LogP contribution in [-0.2, 0) is 14.4 Å². The Morgan fingerprint density at radius 1 is 1.33 bits per heavy atom. The molecule has 0 heterocycles. The second-order valence-electron chi connectivity index (χ2n) is 5.45. The standard InChI is InChI=1S/C17H24O4/c1-2-14(18)11-9-13-10-12-16(19)15(13)7-5-3-4-6-8-17(20)21/h3,5,9,11,13,15H,2,4,6-8,10,12H2,1H3,(H,20,21)/b5-3+,11-9+. The Bertz CT molecular complexity index is 434. The smallest absolute Gasteiger partial charge is 0.303 e. The fourth-order valence-electron chi connectivity index (χ4n) is 2.55. The maximum Gasteiger partial charge on any atom is 0.303 e. The first-order valence-corrected chi connectivity index (χ1v) is 7.65. The van der Waals surface area contributed by atoms with E-state index in [0.717, 1.165) is 12.8 Å². The third-order valence-corrected chi connectivity index (χ3v) is 3.85. The summed E-state index contributed by atoms with van der Waals surface area (Å²) in [6, 6.07) is 0. The molecule has 2 unspecified atom stereocenters. The highest BCUT2D eigenvalue weighted by atomic mass is 16.4. The Balaban J connectivity index is 2.41. The molecule has 1 saturated carbocycles. The van der Waals surface area contributed by atoms with Crippen LogP contribution in [-0.4, -0.2) is 22.6 Å². The van der Waals surface area contributed by atoms with Gasteiger partial charge in [0.25, 0.3) is 0 Å². The van der Waals surface area contributed by atoms with E-state index in [-0.39, 0.29) is 29.8 Å². The van der Waals surface area contributed by atoms with Crippen molar-refractivity contribution in [2.75, 3.05) is 0 Å². The number of carbonyl (C=O) groups is 3. The average molecular weight is 292 g/mol. The Hall–Kier alpha value is -1.71. The van der Waals surface area contributed by atoms with E-state index in [2.05, 4.69) is 0 Å². The van der Waals surface area contributed by atoms with Gasteiger partial charge in [0.2, 0.25) is 0 Å². The molecule has 0 aliphatic heterocycles. The lowest BCUT2D eigenvalue weighted by Crippen LogP contribution is -2.12. The highest BCUT2D eigenvalue weighted by Gasteiger charge is 2.31. The Morgan fingerprint density at radius 2 is 2.10 bits per heavy atom. The van der Waals surface area contributed by atoms with Gasteiger partial charge in [-0.1, -0.05) is 25.2 Å². The summed E-state index contributed by atoms with van der Waals surface area (Å²) >= 11 is 0. The quantitative estimate of drug-likeness (QED) is 0.402. The van der Waals surface area contributed by atoms with Crippen LogP contribution in [0.5, 0.6) is 0 Å². The predicted octanol–water partition coefficient (Wildman–Crippen LogP) is 3.32. The fourth-order valence-corrected chi connectivity index (χ4v) is 2.55. The van der Waals surface area contributed by atoms with Crippen LogP contribution in [0.1, 0.15) is 51.9 Å². The van der Waals surface area contributed by atoms with E-state index in [1.165, 1.54) is 0 Å². The number of carboxylic acid groups (broad SMARTS) is 1. The van der Waals surface area contributed by atoms with Crippen molar-refractivity contribution < 1.29 is 19.5 Å². The van der Waals surface area contributed by atoms with Crippen LogP contribution in [0, 0.1) is 11.8 Å². The molecule has 1 aliphatic rings. The Labute approximate surface area is 125 Å². The zero-order valence-corrected chi connectivity index (χ0v) is 12.6. The normalized spacial score (nSPS) is 22.4. The van der Waals surface area contributed by atoms with E-state index in [0.29, 0.717) is 25.7 Å². The van der Waals surface area contributed by atoms with Crippen LogP contribution in [0.3, 0.4) is 0 Å². The zero-order chi connectivity index (χ0) is 15.7. The number of ketones is 2. The Kier molecular flexibility index (Phi) is 7.65. The van der Waals surface area contributed by atoms with Gasteiger partial charge < -0.3 is 5.11 Å². The molecule has 0 aromatic heterocycles. The SMILES string of the molecule is CCC(=O)/C=C/C1CCC(=O)C1C/C=C/CCCC(=O)O. The maximum absolute atomic E-state index is 11.9. The van der Waals surface area contributed by atoms with Gasteiger partial charge in [0.05, 0.1) is 0 Å². The number of hydrogen-bond acceptors (Lipinski definition) is 3. The number of carbonyl (C=O) groups excluding carboxylic acids is 2. The summed E-state index contributed by atoms with van der Waals surface area (Å²) in [6.45, 7) is 1.82. The Morgan fingerprint density at radius 3 is 2.76 bits per heavy atom. The third kappa shape index (κ3) is 6.52. The summed E-state index contributed by atoms with van der Waals surface area (Å²) in [4.78, 5) is 33.6. The number of hydrogen-bond donors (Lipinski definition) is 1. The van der Waals surface area contributed by atoms with Gasteiger partial charge in [0, 0.05) is 25.2 Å². The van der Waals surface area contributed by atoms with Crippen molar-refractivity contribution in [1.29, 1.82) is 0 Å². The van der Waals surface area contributed by atoms with E-state index >= 15 is 0 Å². The lowest BCUT2D eigenvalue weighted by molar-refractivity contribution is -0.137. The van der Waals surface area contributed by atoms with Gasteiger partial charge >= 0.3 is 5.97 Å². The molecule has 0 saturated heterocycles. The van der Waals surface area contributed by atoms with E-state index in [4.69, 9.17) is 5.11 Å². The molecule has 4 heteroatoms. The van der Waals surface area contributed by atoms with Crippen molar-refractivity contribution in [2.24, 2.45) is 11.8 Å². The van der Waals surface area contributed by atoms with Crippen molar-refractivity contribution in [3.05, 3.63) is 24.3 Å². The number of Topliss-reactive ketones (excluding diaryl/α,β-unsaturated/α-hetero) is 1. The van der Waals surface area contributed by atoms with Crippen LogP contribution in [0.2, 0.25) is 0 Å². The van der Waals surface area contributed by atoms with Gasteiger partial charge in [0.1, 0.15) is 5.78 Å². The first kappa shape index (κ1) is 17.3. The van der Waals surface area contributed by atoms with Crippen LogP contribution in [0.4, 0.5) is 0 Å². The van der Waals surface area contributed by atoms with Crippen molar-refractivity contribution in [3.63, 3.8) is 0 Å². The van der Waals surface area contributed by atoms with Gasteiger partial charge in [-0.3, -0.25) is 14.4 Å². The van der Waals surface area contributed by atoms with E-state index < -0.39 is 5.97 Å². The minimum absolute atomic E-state index is 0.0263. The molecule has 1 fully saturated rings. The topological polar surface area (TPSA) is 71.4 Å². The van der Waals surface area contributed by atoms with Crippen LogP contribution >= 0.6 is 0 Å². The van der Waals surface area contributed by atoms with Crippen LogP contribution < -0.4 is 0 Å². The maximum atomic E-state index is 11.9. The van der Waals surface area contributed by atoms with E-state index in [9.17, 15) is 14.4 Å². The molecule has 4 nitrogen and oxygen atoms in total. The van der Waals surface area contributed by atoms with Crippen molar-refractivity contribution in [3.8, 4) is 0 Å². The minimum Gasteiger partial charge on any atom is -0.481 e. The summed E-state index contributed by atoms with van der Waals surface area (Å²) in [5.41, 5.74) is 0. The lowest BCUT2D eigenvalue weighted by atomic mass is 9.91. The molecule has 0 aromatic rings. The monoisotopic (exact) mass is 292 g/mol. The second-order valence-corrected chi connectivity index (χ2v) is 5.45. The number of aliphatic carboxylic acids is 1. The van der Waals surface area contributed by atoms with Gasteiger partial charge in [-0.15, -0.1) is 0 Å². The molecule has 21 heavy (non-hydrogen) atoms. The molecular formula is C17H24O4. The van der Waals surface area contributed by atoms with Crippen LogP contribution in [0.15, 0.2) is 24.3 Å². The minimum atomic E-state index is -0.778. The molecule has 0 bridgehead atoms. The predicted molar refractivity (Wildman–Crippen MR) is 80.9 cm³/mol. The van der Waals surface area contributed by atoms with Crippen molar-refractivity contribution in [1.82, 2.24) is 0 Å². The number of unbranched alkanes of at least 4 members (excludes halogenated alkanes) is 1.